The molecular formula is C14H15NO2. The van der Waals surface area contributed by atoms with Gasteiger partial charge < -0.3 is 4.98 Å². The van der Waals surface area contributed by atoms with Gasteiger partial charge in [-0.15, -0.1) is 0 Å². The molecule has 0 aliphatic heterocycles. The molecule has 0 saturated heterocycles. The van der Waals surface area contributed by atoms with Crippen LogP contribution < -0.4 is 0 Å². The fourth-order valence-electron chi connectivity index (χ4n) is 2.01. The second-order valence-corrected chi connectivity index (χ2v) is 4.15. The molecule has 3 heteroatoms. The summed E-state index contributed by atoms with van der Waals surface area (Å²) in [5, 5.41) is 0.972. The lowest BCUT2D eigenvalue weighted by Crippen LogP contribution is -2.05. The molecule has 0 amide bonds. The lowest BCUT2D eigenvalue weighted by atomic mass is 10.0. The van der Waals surface area contributed by atoms with Gasteiger partial charge in [-0.05, 0) is 11.6 Å². The Morgan fingerprint density at radius 3 is 2.59 bits per heavy atom. The minimum absolute atomic E-state index is 0.0277. The van der Waals surface area contributed by atoms with Crippen molar-refractivity contribution in [3.63, 3.8) is 0 Å². The fourth-order valence-corrected chi connectivity index (χ4v) is 2.01. The highest BCUT2D eigenvalue weighted by molar-refractivity contribution is 6.03. The van der Waals surface area contributed by atoms with E-state index in [4.69, 9.17) is 0 Å². The van der Waals surface area contributed by atoms with Crippen LogP contribution in [-0.2, 0) is 11.2 Å². The highest BCUT2D eigenvalue weighted by Gasteiger charge is 2.16. The van der Waals surface area contributed by atoms with Crippen LogP contribution in [0.3, 0.4) is 0 Å². The monoisotopic (exact) mass is 229 g/mol. The SMILES string of the molecule is CCC(=O)Cc1c(C(C)=O)[nH]c2ccccc12. The average Bonchev–Trinajstić information content (AvgIpc) is 2.68. The summed E-state index contributed by atoms with van der Waals surface area (Å²) in [6.07, 6.45) is 0.826. The van der Waals surface area contributed by atoms with Crippen molar-refractivity contribution in [2.75, 3.05) is 0 Å². The average molecular weight is 229 g/mol. The minimum Gasteiger partial charge on any atom is -0.352 e. The molecule has 0 aliphatic rings. The molecule has 17 heavy (non-hydrogen) atoms. The topological polar surface area (TPSA) is 49.9 Å². The predicted octanol–water partition coefficient (Wildman–Crippen LogP) is 2.89. The highest BCUT2D eigenvalue weighted by Crippen LogP contribution is 2.23. The highest BCUT2D eigenvalue weighted by atomic mass is 16.1. The number of Topliss-reactive ketones (excluding diaryl/α,β-unsaturated/α-hetero) is 2. The molecule has 1 aromatic carbocycles. The van der Waals surface area contributed by atoms with Crippen molar-refractivity contribution in [1.82, 2.24) is 4.98 Å². The lowest BCUT2D eigenvalue weighted by Gasteiger charge is -2.00. The van der Waals surface area contributed by atoms with Crippen LogP contribution in [0.4, 0.5) is 0 Å². The fraction of sp³-hybridized carbons (Fsp3) is 0.286. The van der Waals surface area contributed by atoms with Crippen LogP contribution in [0.2, 0.25) is 0 Å². The predicted molar refractivity (Wildman–Crippen MR) is 67.3 cm³/mol. The molecule has 2 aromatic rings. The van der Waals surface area contributed by atoms with Gasteiger partial charge in [0.2, 0.25) is 0 Å². The molecule has 1 aromatic heterocycles. The summed E-state index contributed by atoms with van der Waals surface area (Å²) in [5.74, 6) is 0.123. The number of carbonyl (C=O) groups is 2. The number of aromatic amines is 1. The molecule has 2 rings (SSSR count). The van der Waals surface area contributed by atoms with Crippen molar-refractivity contribution in [2.24, 2.45) is 0 Å². The number of ketones is 2. The first-order valence-electron chi connectivity index (χ1n) is 5.75. The van der Waals surface area contributed by atoms with Gasteiger partial charge in [-0.3, -0.25) is 9.59 Å². The summed E-state index contributed by atoms with van der Waals surface area (Å²) in [4.78, 5) is 26.2. The molecule has 0 saturated carbocycles. The van der Waals surface area contributed by atoms with Crippen LogP contribution in [-0.4, -0.2) is 16.6 Å². The Kier molecular flexibility index (Phi) is 3.09. The summed E-state index contributed by atoms with van der Waals surface area (Å²) in [6, 6.07) is 7.69. The third kappa shape index (κ3) is 2.13. The molecule has 88 valence electrons. The lowest BCUT2D eigenvalue weighted by molar-refractivity contribution is -0.118. The Hall–Kier alpha value is -1.90. The normalized spacial score (nSPS) is 10.7. The number of carbonyl (C=O) groups excluding carboxylic acids is 2. The van der Waals surface area contributed by atoms with E-state index in [1.165, 1.54) is 6.92 Å². The number of rotatable bonds is 4. The quantitative estimate of drug-likeness (QED) is 0.819. The van der Waals surface area contributed by atoms with Crippen LogP contribution in [0.1, 0.15) is 36.3 Å². The molecule has 0 atom stereocenters. The number of hydrogen-bond donors (Lipinski definition) is 1. The maximum Gasteiger partial charge on any atom is 0.176 e. The number of para-hydroxylation sites is 1. The number of nitrogens with one attached hydrogen (secondary N) is 1. The number of aromatic nitrogens is 1. The van der Waals surface area contributed by atoms with Gasteiger partial charge in [0, 0.05) is 30.7 Å². The first kappa shape index (κ1) is 11.6. The maximum atomic E-state index is 11.6. The third-order valence-corrected chi connectivity index (χ3v) is 2.93. The van der Waals surface area contributed by atoms with Gasteiger partial charge in [0.25, 0.3) is 0 Å². The van der Waals surface area contributed by atoms with E-state index < -0.39 is 0 Å². The number of fused-ring (bicyclic) bond motifs is 1. The van der Waals surface area contributed by atoms with E-state index in [-0.39, 0.29) is 11.6 Å². The third-order valence-electron chi connectivity index (χ3n) is 2.93. The Bertz CT molecular complexity index is 581. The number of H-pyrrole nitrogens is 1. The molecule has 0 fully saturated rings. The van der Waals surface area contributed by atoms with E-state index in [0.717, 1.165) is 16.5 Å². The molecule has 0 spiro atoms. The number of hydrogen-bond acceptors (Lipinski definition) is 2. The van der Waals surface area contributed by atoms with E-state index in [9.17, 15) is 9.59 Å². The van der Waals surface area contributed by atoms with Gasteiger partial charge in [0.05, 0.1) is 5.69 Å². The largest absolute Gasteiger partial charge is 0.352 e. The molecule has 0 unspecified atom stereocenters. The summed E-state index contributed by atoms with van der Waals surface area (Å²) in [5.41, 5.74) is 2.31. The Labute approximate surface area is 99.8 Å². The summed E-state index contributed by atoms with van der Waals surface area (Å²) in [7, 11) is 0. The second kappa shape index (κ2) is 4.53. The van der Waals surface area contributed by atoms with Crippen molar-refractivity contribution in [2.45, 2.75) is 26.7 Å². The van der Waals surface area contributed by atoms with Crippen LogP contribution >= 0.6 is 0 Å². The molecule has 0 aliphatic carbocycles. The Morgan fingerprint density at radius 1 is 1.24 bits per heavy atom. The standard InChI is InChI=1S/C14H15NO2/c1-3-10(17)8-12-11-6-4-5-7-13(11)15-14(12)9(2)16/h4-7,15H,3,8H2,1-2H3. The minimum atomic E-state index is -0.0277. The first-order valence-corrected chi connectivity index (χ1v) is 5.75. The van der Waals surface area contributed by atoms with Crippen molar-refractivity contribution in [1.29, 1.82) is 0 Å². The zero-order chi connectivity index (χ0) is 12.4. The van der Waals surface area contributed by atoms with Gasteiger partial charge >= 0.3 is 0 Å². The first-order chi connectivity index (χ1) is 8.13. The van der Waals surface area contributed by atoms with E-state index in [2.05, 4.69) is 4.98 Å². The van der Waals surface area contributed by atoms with Crippen molar-refractivity contribution in [3.8, 4) is 0 Å². The van der Waals surface area contributed by atoms with E-state index in [1.54, 1.807) is 0 Å². The van der Waals surface area contributed by atoms with Gasteiger partial charge in [0.15, 0.2) is 5.78 Å². The van der Waals surface area contributed by atoms with Gasteiger partial charge in [-0.1, -0.05) is 25.1 Å². The molecule has 0 bridgehead atoms. The van der Waals surface area contributed by atoms with Crippen molar-refractivity contribution < 1.29 is 9.59 Å². The molecule has 0 radical (unpaired) electrons. The maximum absolute atomic E-state index is 11.6. The zero-order valence-electron chi connectivity index (χ0n) is 10.0. The van der Waals surface area contributed by atoms with Crippen LogP contribution in [0, 0.1) is 0 Å². The molecule has 1 heterocycles. The zero-order valence-corrected chi connectivity index (χ0v) is 10.0. The summed E-state index contributed by atoms with van der Waals surface area (Å²) < 4.78 is 0. The van der Waals surface area contributed by atoms with Crippen LogP contribution in [0.5, 0.6) is 0 Å². The van der Waals surface area contributed by atoms with Gasteiger partial charge in [-0.25, -0.2) is 0 Å². The Balaban J connectivity index is 2.59. The van der Waals surface area contributed by atoms with Gasteiger partial charge in [0.1, 0.15) is 5.78 Å². The number of benzene rings is 1. The van der Waals surface area contributed by atoms with Crippen LogP contribution in [0.25, 0.3) is 10.9 Å². The summed E-state index contributed by atoms with van der Waals surface area (Å²) >= 11 is 0. The smallest absolute Gasteiger partial charge is 0.176 e. The summed E-state index contributed by atoms with van der Waals surface area (Å²) in [6.45, 7) is 3.36. The van der Waals surface area contributed by atoms with Gasteiger partial charge in [-0.2, -0.15) is 0 Å². The van der Waals surface area contributed by atoms with Crippen molar-refractivity contribution >= 4 is 22.5 Å². The second-order valence-electron chi connectivity index (χ2n) is 4.15. The molecular weight excluding hydrogens is 214 g/mol. The van der Waals surface area contributed by atoms with Crippen LogP contribution in [0.15, 0.2) is 24.3 Å². The molecule has 1 N–H and O–H groups in total. The van der Waals surface area contributed by atoms with E-state index in [1.807, 2.05) is 31.2 Å². The Morgan fingerprint density at radius 2 is 1.94 bits per heavy atom. The van der Waals surface area contributed by atoms with Crippen molar-refractivity contribution in [3.05, 3.63) is 35.5 Å². The van der Waals surface area contributed by atoms with E-state index in [0.29, 0.717) is 18.5 Å². The molecule has 3 nitrogen and oxygen atoms in total. The van der Waals surface area contributed by atoms with E-state index >= 15 is 0 Å².